The topological polar surface area (TPSA) is 264 Å². The molecule has 0 unspecified atom stereocenters. The van der Waals surface area contributed by atoms with Gasteiger partial charge < -0.3 is 55.7 Å². The Labute approximate surface area is 325 Å². The van der Waals surface area contributed by atoms with E-state index in [0.717, 1.165) is 4.68 Å². The lowest BCUT2D eigenvalue weighted by molar-refractivity contribution is -0.121. The van der Waals surface area contributed by atoms with Crippen LogP contribution in [0, 0.1) is 0 Å². The Morgan fingerprint density at radius 1 is 0.807 bits per heavy atom. The van der Waals surface area contributed by atoms with Crippen LogP contribution in [-0.4, -0.2) is 103 Å². The first-order chi connectivity index (χ1) is 27.5. The standard InChI is InChI=1S/C39H42N6O12/c46-20-30-33(50)34(51)36(56-30)45-38(54)44-31(19-43-45)40-13-4-5-14-41-32(49)6-2-1-3-15-42-35(52)21-7-10-24-27(16-21)39(57-37(24)53)25-11-8-22(47)17-28(25)55-29-18-23(48)9-12-26(29)39/h7-12,16-19,30,33-34,36,46-48,50-51H,1-6,13-15,20H2,(H,41,49)(H,42,52)(H,40,44,54)/t30-,33-,34-,36+/m1/s1. The molecule has 57 heavy (non-hydrogen) atoms. The van der Waals surface area contributed by atoms with Crippen LogP contribution in [0.2, 0.25) is 0 Å². The van der Waals surface area contributed by atoms with Crippen LogP contribution in [0.15, 0.2) is 65.6 Å². The second kappa shape index (κ2) is 16.6. The van der Waals surface area contributed by atoms with Crippen LogP contribution in [-0.2, 0) is 19.9 Å². The van der Waals surface area contributed by atoms with Crippen LogP contribution < -0.4 is 26.4 Å². The summed E-state index contributed by atoms with van der Waals surface area (Å²) >= 11 is 0. The molecule has 2 amide bonds. The highest BCUT2D eigenvalue weighted by Crippen LogP contribution is 2.57. The second-order valence-electron chi connectivity index (χ2n) is 13.9. The molecule has 4 aromatic rings. The average molecular weight is 787 g/mol. The molecule has 3 aromatic carbocycles. The summed E-state index contributed by atoms with van der Waals surface area (Å²) in [5.41, 5.74) is -0.355. The molecule has 8 N–H and O–H groups in total. The highest BCUT2D eigenvalue weighted by atomic mass is 16.6. The molecule has 0 radical (unpaired) electrons. The molecule has 1 saturated heterocycles. The number of aromatic nitrogens is 3. The number of carbonyl (C=O) groups excluding carboxylic acids is 3. The summed E-state index contributed by atoms with van der Waals surface area (Å²) in [6, 6.07) is 13.6. The van der Waals surface area contributed by atoms with Crippen LogP contribution in [0.25, 0.3) is 0 Å². The lowest BCUT2D eigenvalue weighted by atomic mass is 9.77. The van der Waals surface area contributed by atoms with E-state index in [1.807, 2.05) is 0 Å². The maximum atomic E-state index is 13.3. The fourth-order valence-electron chi connectivity index (χ4n) is 7.21. The van der Waals surface area contributed by atoms with E-state index in [1.165, 1.54) is 30.5 Å². The Bertz CT molecular complexity index is 2180. The maximum absolute atomic E-state index is 13.3. The highest BCUT2D eigenvalue weighted by Gasteiger charge is 2.54. The lowest BCUT2D eigenvalue weighted by Gasteiger charge is -2.36. The highest BCUT2D eigenvalue weighted by molar-refractivity contribution is 6.00. The molecule has 0 saturated carbocycles. The van der Waals surface area contributed by atoms with Gasteiger partial charge >= 0.3 is 11.7 Å². The van der Waals surface area contributed by atoms with Crippen molar-refractivity contribution >= 4 is 23.6 Å². The number of aromatic hydroxyl groups is 2. The van der Waals surface area contributed by atoms with Gasteiger partial charge in [0.1, 0.15) is 41.3 Å². The molecule has 0 aliphatic carbocycles. The van der Waals surface area contributed by atoms with Crippen LogP contribution in [0.1, 0.15) is 82.2 Å². The zero-order valence-electron chi connectivity index (χ0n) is 30.6. The van der Waals surface area contributed by atoms with Gasteiger partial charge in [0, 0.05) is 60.4 Å². The number of ether oxygens (including phenoxy) is 3. The minimum atomic E-state index is -1.48. The Morgan fingerprint density at radius 3 is 2.18 bits per heavy atom. The predicted molar refractivity (Wildman–Crippen MR) is 199 cm³/mol. The SMILES string of the molecule is O=C(CCCCCNC(=O)c1ccc2c(c1)C1(OC2=O)c2ccc(O)cc2Oc2cc(O)ccc21)NCCCCNc1cnn([C@H]2O[C@H](CO)[C@@H](O)[C@H]2O)c(=O)n1. The molecule has 18 nitrogen and oxygen atoms in total. The number of phenolic OH excluding ortho intramolecular Hbond substituents is 2. The molecule has 0 bridgehead atoms. The molecule has 3 aliphatic heterocycles. The van der Waals surface area contributed by atoms with E-state index in [-0.39, 0.29) is 46.2 Å². The van der Waals surface area contributed by atoms with E-state index in [2.05, 4.69) is 26.0 Å². The Balaban J connectivity index is 0.824. The largest absolute Gasteiger partial charge is 0.508 e. The maximum Gasteiger partial charge on any atom is 0.368 e. The van der Waals surface area contributed by atoms with Gasteiger partial charge in [-0.15, -0.1) is 0 Å². The summed E-state index contributed by atoms with van der Waals surface area (Å²) in [5, 5.41) is 62.3. The minimum Gasteiger partial charge on any atom is -0.508 e. The first-order valence-electron chi connectivity index (χ1n) is 18.6. The Morgan fingerprint density at radius 2 is 1.49 bits per heavy atom. The second-order valence-corrected chi connectivity index (χ2v) is 13.9. The number of esters is 1. The zero-order valence-corrected chi connectivity index (χ0v) is 30.6. The third kappa shape index (κ3) is 7.84. The number of amides is 2. The zero-order chi connectivity index (χ0) is 40.3. The summed E-state index contributed by atoms with van der Waals surface area (Å²) < 4.78 is 18.2. The first-order valence-corrected chi connectivity index (χ1v) is 18.6. The van der Waals surface area contributed by atoms with Crippen LogP contribution in [0.4, 0.5) is 5.82 Å². The number of aliphatic hydroxyl groups excluding tert-OH is 3. The van der Waals surface area contributed by atoms with E-state index >= 15 is 0 Å². The number of benzene rings is 3. The molecule has 1 fully saturated rings. The number of phenols is 2. The van der Waals surface area contributed by atoms with Crippen LogP contribution in [0.3, 0.4) is 0 Å². The smallest absolute Gasteiger partial charge is 0.368 e. The van der Waals surface area contributed by atoms with Gasteiger partial charge in [-0.1, -0.05) is 6.42 Å². The van der Waals surface area contributed by atoms with Crippen molar-refractivity contribution in [1.29, 1.82) is 0 Å². The molecule has 1 spiro atoms. The van der Waals surface area contributed by atoms with Gasteiger partial charge in [-0.3, -0.25) is 9.59 Å². The Kier molecular flexibility index (Phi) is 11.4. The Hall–Kier alpha value is -6.08. The van der Waals surface area contributed by atoms with Gasteiger partial charge in [-0.2, -0.15) is 14.8 Å². The number of rotatable bonds is 15. The molecule has 300 valence electrons. The molecule has 4 heterocycles. The summed E-state index contributed by atoms with van der Waals surface area (Å²) in [5.74, 6) is -0.467. The van der Waals surface area contributed by atoms with Gasteiger partial charge in [-0.25, -0.2) is 9.59 Å². The van der Waals surface area contributed by atoms with E-state index < -0.39 is 48.4 Å². The molecule has 3 aliphatic rings. The third-order valence-corrected chi connectivity index (χ3v) is 10.1. The first kappa shape index (κ1) is 39.2. The van der Waals surface area contributed by atoms with Crippen molar-refractivity contribution in [1.82, 2.24) is 25.4 Å². The van der Waals surface area contributed by atoms with E-state index in [9.17, 15) is 44.7 Å². The summed E-state index contributed by atoms with van der Waals surface area (Å²) in [6.07, 6.45) is -0.211. The molecule has 1 aromatic heterocycles. The summed E-state index contributed by atoms with van der Waals surface area (Å²) in [6.45, 7) is 0.755. The normalized spacial score (nSPS) is 19.9. The molecule has 7 rings (SSSR count). The number of carbonyl (C=O) groups is 3. The molecule has 18 heteroatoms. The number of aliphatic hydroxyl groups is 3. The monoisotopic (exact) mass is 786 g/mol. The average Bonchev–Trinajstić information content (AvgIpc) is 3.64. The lowest BCUT2D eigenvalue weighted by Crippen LogP contribution is -2.37. The number of fused-ring (bicyclic) bond motifs is 6. The number of hydrogen-bond donors (Lipinski definition) is 8. The van der Waals surface area contributed by atoms with Crippen molar-refractivity contribution in [2.75, 3.05) is 31.6 Å². The van der Waals surface area contributed by atoms with Crippen molar-refractivity contribution in [2.45, 2.75) is 68.7 Å². The number of nitrogens with zero attached hydrogens (tertiary/aromatic N) is 3. The summed E-state index contributed by atoms with van der Waals surface area (Å²) in [7, 11) is 0. The van der Waals surface area contributed by atoms with Gasteiger partial charge in [0.25, 0.3) is 5.91 Å². The fraction of sp³-hybridized carbons (Fsp3) is 0.385. The number of nitrogens with one attached hydrogen (secondary N) is 3. The third-order valence-electron chi connectivity index (χ3n) is 10.1. The predicted octanol–water partition coefficient (Wildman–Crippen LogP) is 1.53. The number of hydrogen-bond acceptors (Lipinski definition) is 15. The van der Waals surface area contributed by atoms with Crippen molar-refractivity contribution < 1.29 is 54.1 Å². The molecule has 4 atom stereocenters. The van der Waals surface area contributed by atoms with Crippen LogP contribution >= 0.6 is 0 Å². The van der Waals surface area contributed by atoms with Gasteiger partial charge in [0.05, 0.1) is 18.4 Å². The number of anilines is 1. The van der Waals surface area contributed by atoms with E-state index in [1.54, 1.807) is 30.3 Å². The van der Waals surface area contributed by atoms with Gasteiger partial charge in [0.15, 0.2) is 17.6 Å². The number of unbranched alkanes of at least 4 members (excludes halogenated alkanes) is 3. The van der Waals surface area contributed by atoms with Crippen molar-refractivity contribution in [3.63, 3.8) is 0 Å². The van der Waals surface area contributed by atoms with Gasteiger partial charge in [-0.05, 0) is 68.1 Å². The summed E-state index contributed by atoms with van der Waals surface area (Å²) in [4.78, 5) is 55.1. The van der Waals surface area contributed by atoms with Crippen molar-refractivity contribution in [3.05, 3.63) is 99.1 Å². The van der Waals surface area contributed by atoms with E-state index in [0.29, 0.717) is 80.4 Å². The molecular weight excluding hydrogens is 744 g/mol. The fourth-order valence-corrected chi connectivity index (χ4v) is 7.21. The quantitative estimate of drug-likeness (QED) is 0.0628. The minimum absolute atomic E-state index is 0.0639. The van der Waals surface area contributed by atoms with E-state index in [4.69, 9.17) is 14.2 Å². The van der Waals surface area contributed by atoms with Crippen molar-refractivity contribution in [3.8, 4) is 23.0 Å². The van der Waals surface area contributed by atoms with Crippen LogP contribution in [0.5, 0.6) is 23.0 Å². The van der Waals surface area contributed by atoms with Gasteiger partial charge in [0.2, 0.25) is 5.91 Å². The molecular formula is C39H42N6O12. The van der Waals surface area contributed by atoms with Crippen molar-refractivity contribution in [2.24, 2.45) is 0 Å².